The zero-order valence-electron chi connectivity index (χ0n) is 9.00. The van der Waals surface area contributed by atoms with Gasteiger partial charge in [-0.05, 0) is 41.7 Å². The first kappa shape index (κ1) is 10.9. The summed E-state index contributed by atoms with van der Waals surface area (Å²) in [5.41, 5.74) is 2.22. The lowest BCUT2D eigenvalue weighted by Gasteiger charge is -2.14. The molecule has 0 N–H and O–H groups in total. The molecule has 1 heteroatoms. The number of hydrogen-bond acceptors (Lipinski definition) is 0. The van der Waals surface area contributed by atoms with E-state index in [0.717, 1.165) is 11.1 Å². The van der Waals surface area contributed by atoms with Gasteiger partial charge in [0.05, 0.1) is 0 Å². The second kappa shape index (κ2) is 4.39. The monoisotopic (exact) mass is 204 g/mol. The standard InChI is InChI=1S/C13H16S/c1-5-12-6-8-13(9-7-12)10-11-14(2,3)4/h5-9H,1H2,2-4H3. The topological polar surface area (TPSA) is 0 Å². The predicted molar refractivity (Wildman–Crippen MR) is 68.8 cm³/mol. The van der Waals surface area contributed by atoms with Crippen molar-refractivity contribution in [1.82, 2.24) is 0 Å². The van der Waals surface area contributed by atoms with Crippen molar-refractivity contribution in [1.29, 1.82) is 0 Å². The normalized spacial score (nSPS) is 11.4. The van der Waals surface area contributed by atoms with Crippen LogP contribution >= 0.6 is 10.0 Å². The summed E-state index contributed by atoms with van der Waals surface area (Å²) in [6.07, 6.45) is 8.42. The minimum absolute atomic E-state index is 0.719. The molecule has 0 heterocycles. The molecule has 0 radical (unpaired) electrons. The Labute approximate surface area is 88.4 Å². The van der Waals surface area contributed by atoms with Crippen LogP contribution in [0.5, 0.6) is 0 Å². The molecule has 0 aliphatic rings. The lowest BCUT2D eigenvalue weighted by molar-refractivity contribution is 1.62. The molecule has 74 valence electrons. The smallest absolute Gasteiger partial charge is 0.0254 e. The first-order chi connectivity index (χ1) is 6.51. The zero-order valence-corrected chi connectivity index (χ0v) is 9.82. The van der Waals surface area contributed by atoms with E-state index in [9.17, 15) is 0 Å². The molecule has 14 heavy (non-hydrogen) atoms. The maximum Gasteiger partial charge on any atom is 0.0254 e. The molecule has 1 rings (SSSR count). The predicted octanol–water partition coefficient (Wildman–Crippen LogP) is 3.33. The number of hydrogen-bond donors (Lipinski definition) is 0. The highest BCUT2D eigenvalue weighted by Gasteiger charge is 1.95. The molecule has 0 nitrogen and oxygen atoms in total. The van der Waals surface area contributed by atoms with E-state index in [0.29, 0.717) is 0 Å². The van der Waals surface area contributed by atoms with Crippen LogP contribution in [0.2, 0.25) is 0 Å². The molecule has 0 bridgehead atoms. The first-order valence-electron chi connectivity index (χ1n) is 4.45. The lowest BCUT2D eigenvalue weighted by atomic mass is 10.1. The average molecular weight is 204 g/mol. The van der Waals surface area contributed by atoms with E-state index in [4.69, 9.17) is 0 Å². The third-order valence-corrected chi connectivity index (χ3v) is 2.36. The van der Waals surface area contributed by atoms with Crippen LogP contribution in [0.15, 0.2) is 30.8 Å². The van der Waals surface area contributed by atoms with Gasteiger partial charge in [0, 0.05) is 5.56 Å². The van der Waals surface area contributed by atoms with E-state index in [1.165, 1.54) is 0 Å². The third kappa shape index (κ3) is 3.72. The summed E-state index contributed by atoms with van der Waals surface area (Å²) in [6.45, 7) is 3.71. The van der Waals surface area contributed by atoms with Crippen LogP contribution in [0.3, 0.4) is 0 Å². The van der Waals surface area contributed by atoms with Gasteiger partial charge >= 0.3 is 0 Å². The second-order valence-corrected chi connectivity index (χ2v) is 7.77. The molecular weight excluding hydrogens is 188 g/mol. The number of benzene rings is 1. The summed E-state index contributed by atoms with van der Waals surface area (Å²) < 4.78 is 0. The van der Waals surface area contributed by atoms with Crippen LogP contribution in [-0.4, -0.2) is 18.8 Å². The van der Waals surface area contributed by atoms with Gasteiger partial charge in [-0.2, -0.15) is 10.0 Å². The minimum Gasteiger partial charge on any atom is -0.186 e. The summed E-state index contributed by atoms with van der Waals surface area (Å²) >= 11 is 0. The summed E-state index contributed by atoms with van der Waals surface area (Å²) in [6, 6.07) is 8.15. The highest BCUT2D eigenvalue weighted by molar-refractivity contribution is 8.35. The van der Waals surface area contributed by atoms with E-state index in [2.05, 4.69) is 36.5 Å². The highest BCUT2D eigenvalue weighted by Crippen LogP contribution is 2.32. The van der Waals surface area contributed by atoms with Gasteiger partial charge in [-0.15, -0.1) is 0 Å². The van der Waals surface area contributed by atoms with Gasteiger partial charge in [0.25, 0.3) is 0 Å². The molecule has 0 atom stereocenters. The highest BCUT2D eigenvalue weighted by atomic mass is 32.3. The van der Waals surface area contributed by atoms with E-state index in [-0.39, 0.29) is 0 Å². The first-order valence-corrected chi connectivity index (χ1v) is 7.30. The maximum atomic E-state index is 3.71. The molecule has 0 unspecified atom stereocenters. The third-order valence-electron chi connectivity index (χ3n) is 1.65. The molecule has 1 aromatic carbocycles. The molecule has 0 saturated heterocycles. The fourth-order valence-corrected chi connectivity index (χ4v) is 1.34. The van der Waals surface area contributed by atoms with Gasteiger partial charge in [-0.3, -0.25) is 0 Å². The van der Waals surface area contributed by atoms with Crippen molar-refractivity contribution in [2.24, 2.45) is 0 Å². The molecule has 0 spiro atoms. The fraction of sp³-hybridized carbons (Fsp3) is 0.231. The van der Waals surface area contributed by atoms with Gasteiger partial charge in [0.2, 0.25) is 0 Å². The van der Waals surface area contributed by atoms with Crippen molar-refractivity contribution < 1.29 is 0 Å². The van der Waals surface area contributed by atoms with Gasteiger partial charge in [-0.25, -0.2) is 0 Å². The number of rotatable bonds is 1. The van der Waals surface area contributed by atoms with Crippen LogP contribution in [0.1, 0.15) is 11.1 Å². The van der Waals surface area contributed by atoms with E-state index >= 15 is 0 Å². The van der Waals surface area contributed by atoms with Crippen molar-refractivity contribution >= 4 is 16.1 Å². The Balaban J connectivity index is 2.87. The van der Waals surface area contributed by atoms with E-state index in [1.807, 2.05) is 30.3 Å². The van der Waals surface area contributed by atoms with E-state index in [1.54, 1.807) is 0 Å². The zero-order chi connectivity index (χ0) is 10.6. The molecule has 0 aliphatic heterocycles. The minimum atomic E-state index is -0.719. The van der Waals surface area contributed by atoms with Crippen molar-refractivity contribution in [2.75, 3.05) is 18.8 Å². The lowest BCUT2D eigenvalue weighted by Crippen LogP contribution is -1.85. The molecule has 0 aromatic heterocycles. The summed E-state index contributed by atoms with van der Waals surface area (Å²) in [7, 11) is -0.719. The Bertz CT molecular complexity index is 368. The second-order valence-electron chi connectivity index (χ2n) is 3.89. The Hall–Kier alpha value is -1.13. The van der Waals surface area contributed by atoms with Gasteiger partial charge in [0.1, 0.15) is 0 Å². The van der Waals surface area contributed by atoms with Gasteiger partial charge in [-0.1, -0.05) is 30.7 Å². The SMILES string of the molecule is C=Cc1ccc(C#CS(C)(C)C)cc1. The van der Waals surface area contributed by atoms with Crippen molar-refractivity contribution in [2.45, 2.75) is 0 Å². The largest absolute Gasteiger partial charge is 0.186 e. The van der Waals surface area contributed by atoms with Crippen LogP contribution in [-0.2, 0) is 0 Å². The van der Waals surface area contributed by atoms with Crippen LogP contribution in [0, 0.1) is 11.2 Å². The Morgan fingerprint density at radius 1 is 1.14 bits per heavy atom. The Kier molecular flexibility index (Phi) is 3.43. The maximum absolute atomic E-state index is 3.71. The molecule has 0 aliphatic carbocycles. The molecule has 0 amide bonds. The van der Waals surface area contributed by atoms with Crippen LogP contribution < -0.4 is 0 Å². The summed E-state index contributed by atoms with van der Waals surface area (Å²) in [4.78, 5) is 0. The Morgan fingerprint density at radius 2 is 1.71 bits per heavy atom. The summed E-state index contributed by atoms with van der Waals surface area (Å²) in [5, 5.41) is 3.28. The van der Waals surface area contributed by atoms with Crippen molar-refractivity contribution in [3.05, 3.63) is 42.0 Å². The molecular formula is C13H16S. The fourth-order valence-electron chi connectivity index (χ4n) is 0.915. The van der Waals surface area contributed by atoms with Gasteiger partial charge < -0.3 is 0 Å². The molecule has 1 aromatic rings. The quantitative estimate of drug-likeness (QED) is 0.616. The van der Waals surface area contributed by atoms with Crippen LogP contribution in [0.25, 0.3) is 6.08 Å². The van der Waals surface area contributed by atoms with Crippen molar-refractivity contribution in [3.8, 4) is 11.2 Å². The van der Waals surface area contributed by atoms with Crippen LogP contribution in [0.4, 0.5) is 0 Å². The van der Waals surface area contributed by atoms with Gasteiger partial charge in [0.15, 0.2) is 0 Å². The average Bonchev–Trinajstić information content (AvgIpc) is 2.14. The van der Waals surface area contributed by atoms with Crippen molar-refractivity contribution in [3.63, 3.8) is 0 Å². The van der Waals surface area contributed by atoms with E-state index < -0.39 is 10.0 Å². The molecule has 0 saturated carbocycles. The summed E-state index contributed by atoms with van der Waals surface area (Å²) in [5.74, 6) is 3.19. The molecule has 0 fully saturated rings. The Morgan fingerprint density at radius 3 is 2.14 bits per heavy atom.